The highest BCUT2D eigenvalue weighted by Gasteiger charge is 2.08. The fourth-order valence-electron chi connectivity index (χ4n) is 2.07. The number of aromatic nitrogens is 1. The van der Waals surface area contributed by atoms with Crippen LogP contribution in [0, 0.1) is 6.92 Å². The monoisotopic (exact) mass is 255 g/mol. The third kappa shape index (κ3) is 4.07. The summed E-state index contributed by atoms with van der Waals surface area (Å²) < 4.78 is 0. The van der Waals surface area contributed by atoms with Gasteiger partial charge in [0.05, 0.1) is 0 Å². The van der Waals surface area contributed by atoms with Crippen molar-refractivity contribution in [2.45, 2.75) is 19.9 Å². The number of pyridine rings is 1. The summed E-state index contributed by atoms with van der Waals surface area (Å²) in [6, 6.07) is 16.6. The number of nitrogens with two attached hydrogens (primary N) is 1. The van der Waals surface area contributed by atoms with E-state index >= 15 is 0 Å². The van der Waals surface area contributed by atoms with Crippen LogP contribution in [0.1, 0.15) is 17.7 Å². The zero-order valence-corrected chi connectivity index (χ0v) is 11.4. The molecule has 3 heteroatoms. The number of anilines is 1. The molecule has 0 bridgehead atoms. The van der Waals surface area contributed by atoms with Crippen molar-refractivity contribution < 1.29 is 0 Å². The Kier molecular flexibility index (Phi) is 4.93. The number of hydrogen-bond donors (Lipinski definition) is 1. The molecule has 1 heterocycles. The van der Waals surface area contributed by atoms with Crippen LogP contribution in [0.15, 0.2) is 48.5 Å². The van der Waals surface area contributed by atoms with E-state index in [4.69, 9.17) is 5.73 Å². The molecule has 0 aliphatic carbocycles. The van der Waals surface area contributed by atoms with E-state index in [1.807, 2.05) is 19.1 Å². The summed E-state index contributed by atoms with van der Waals surface area (Å²) in [4.78, 5) is 6.89. The SMILES string of the molecule is Cc1cccc(N(CCCN)Cc2ccccc2)n1. The smallest absolute Gasteiger partial charge is 0.129 e. The topological polar surface area (TPSA) is 42.1 Å². The Bertz CT molecular complexity index is 496. The predicted octanol–water partition coefficient (Wildman–Crippen LogP) is 2.75. The fourth-order valence-corrected chi connectivity index (χ4v) is 2.07. The van der Waals surface area contributed by atoms with Gasteiger partial charge in [-0.2, -0.15) is 0 Å². The van der Waals surface area contributed by atoms with E-state index in [1.54, 1.807) is 0 Å². The summed E-state index contributed by atoms with van der Waals surface area (Å²) in [5, 5.41) is 0. The minimum absolute atomic E-state index is 0.705. The molecule has 0 unspecified atom stereocenters. The van der Waals surface area contributed by atoms with E-state index in [0.29, 0.717) is 6.54 Å². The van der Waals surface area contributed by atoms with Gasteiger partial charge >= 0.3 is 0 Å². The van der Waals surface area contributed by atoms with Crippen LogP contribution >= 0.6 is 0 Å². The normalized spacial score (nSPS) is 10.4. The molecule has 0 fully saturated rings. The molecule has 19 heavy (non-hydrogen) atoms. The molecule has 0 atom stereocenters. The minimum atomic E-state index is 0.705. The van der Waals surface area contributed by atoms with Crippen LogP contribution in [-0.4, -0.2) is 18.1 Å². The summed E-state index contributed by atoms with van der Waals surface area (Å²) in [5.41, 5.74) is 7.97. The second kappa shape index (κ2) is 6.90. The van der Waals surface area contributed by atoms with Crippen molar-refractivity contribution in [1.82, 2.24) is 4.98 Å². The molecule has 0 aliphatic heterocycles. The van der Waals surface area contributed by atoms with Crippen molar-refractivity contribution in [3.8, 4) is 0 Å². The van der Waals surface area contributed by atoms with Crippen molar-refractivity contribution >= 4 is 5.82 Å². The maximum atomic E-state index is 5.63. The van der Waals surface area contributed by atoms with Gasteiger partial charge in [0.1, 0.15) is 5.82 Å². The Morgan fingerprint density at radius 1 is 1.05 bits per heavy atom. The maximum Gasteiger partial charge on any atom is 0.129 e. The predicted molar refractivity (Wildman–Crippen MR) is 80.1 cm³/mol. The van der Waals surface area contributed by atoms with Crippen LogP contribution < -0.4 is 10.6 Å². The summed E-state index contributed by atoms with van der Waals surface area (Å²) in [7, 11) is 0. The molecule has 0 saturated carbocycles. The van der Waals surface area contributed by atoms with Crippen LogP contribution in [0.5, 0.6) is 0 Å². The Morgan fingerprint density at radius 3 is 2.53 bits per heavy atom. The zero-order valence-electron chi connectivity index (χ0n) is 11.4. The number of hydrogen-bond acceptors (Lipinski definition) is 3. The van der Waals surface area contributed by atoms with Crippen LogP contribution in [0.25, 0.3) is 0 Å². The van der Waals surface area contributed by atoms with Crippen LogP contribution in [0.2, 0.25) is 0 Å². The molecule has 100 valence electrons. The van der Waals surface area contributed by atoms with E-state index in [9.17, 15) is 0 Å². The molecule has 2 N–H and O–H groups in total. The molecule has 2 rings (SSSR count). The first-order valence-corrected chi connectivity index (χ1v) is 6.72. The van der Waals surface area contributed by atoms with E-state index in [2.05, 4.69) is 46.3 Å². The third-order valence-corrected chi connectivity index (χ3v) is 3.05. The fraction of sp³-hybridized carbons (Fsp3) is 0.312. The Labute approximate surface area is 115 Å². The molecular weight excluding hydrogens is 234 g/mol. The van der Waals surface area contributed by atoms with E-state index in [0.717, 1.165) is 31.0 Å². The highest BCUT2D eigenvalue weighted by molar-refractivity contribution is 5.40. The average molecular weight is 255 g/mol. The lowest BCUT2D eigenvalue weighted by Gasteiger charge is -2.24. The van der Waals surface area contributed by atoms with Gasteiger partial charge in [0.2, 0.25) is 0 Å². The van der Waals surface area contributed by atoms with Gasteiger partial charge in [-0.25, -0.2) is 4.98 Å². The van der Waals surface area contributed by atoms with Gasteiger partial charge in [0.25, 0.3) is 0 Å². The van der Waals surface area contributed by atoms with Gasteiger partial charge in [-0.1, -0.05) is 36.4 Å². The van der Waals surface area contributed by atoms with Crippen molar-refractivity contribution in [3.05, 3.63) is 59.8 Å². The van der Waals surface area contributed by atoms with Crippen molar-refractivity contribution in [2.24, 2.45) is 5.73 Å². The van der Waals surface area contributed by atoms with E-state index in [1.165, 1.54) is 5.56 Å². The third-order valence-electron chi connectivity index (χ3n) is 3.05. The maximum absolute atomic E-state index is 5.63. The number of rotatable bonds is 6. The summed E-state index contributed by atoms with van der Waals surface area (Å²) in [6.45, 7) is 4.53. The van der Waals surface area contributed by atoms with Gasteiger partial charge in [-0.05, 0) is 37.6 Å². The van der Waals surface area contributed by atoms with Crippen molar-refractivity contribution in [2.75, 3.05) is 18.0 Å². The largest absolute Gasteiger partial charge is 0.352 e. The molecule has 0 saturated heterocycles. The van der Waals surface area contributed by atoms with Crippen molar-refractivity contribution in [1.29, 1.82) is 0 Å². The lowest BCUT2D eigenvalue weighted by Crippen LogP contribution is -2.26. The molecule has 1 aromatic carbocycles. The molecule has 0 amide bonds. The Hall–Kier alpha value is -1.87. The standard InChI is InChI=1S/C16H21N3/c1-14-7-5-10-16(18-14)19(12-6-11-17)13-15-8-3-2-4-9-15/h2-5,7-10H,6,11-13,17H2,1H3. The Balaban J connectivity index is 2.16. The molecule has 1 aromatic heterocycles. The van der Waals surface area contributed by atoms with E-state index in [-0.39, 0.29) is 0 Å². The first kappa shape index (κ1) is 13.6. The van der Waals surface area contributed by atoms with Gasteiger partial charge in [-0.15, -0.1) is 0 Å². The van der Waals surface area contributed by atoms with Gasteiger partial charge in [0.15, 0.2) is 0 Å². The summed E-state index contributed by atoms with van der Waals surface area (Å²) >= 11 is 0. The molecule has 2 aromatic rings. The lowest BCUT2D eigenvalue weighted by atomic mass is 10.2. The van der Waals surface area contributed by atoms with Gasteiger partial charge < -0.3 is 10.6 Å². The minimum Gasteiger partial charge on any atom is -0.352 e. The quantitative estimate of drug-likeness (QED) is 0.863. The van der Waals surface area contributed by atoms with Crippen LogP contribution in [0.3, 0.4) is 0 Å². The number of nitrogens with zero attached hydrogens (tertiary/aromatic N) is 2. The molecule has 0 spiro atoms. The number of benzene rings is 1. The molecule has 0 aliphatic rings. The first-order valence-electron chi connectivity index (χ1n) is 6.72. The second-order valence-electron chi connectivity index (χ2n) is 4.69. The first-order chi connectivity index (χ1) is 9.29. The zero-order chi connectivity index (χ0) is 13.5. The van der Waals surface area contributed by atoms with Gasteiger partial charge in [-0.3, -0.25) is 0 Å². The van der Waals surface area contributed by atoms with Crippen LogP contribution in [-0.2, 0) is 6.54 Å². The van der Waals surface area contributed by atoms with Crippen molar-refractivity contribution in [3.63, 3.8) is 0 Å². The number of aryl methyl sites for hydroxylation is 1. The van der Waals surface area contributed by atoms with Crippen LogP contribution in [0.4, 0.5) is 5.82 Å². The molecular formula is C16H21N3. The highest BCUT2D eigenvalue weighted by atomic mass is 15.2. The lowest BCUT2D eigenvalue weighted by molar-refractivity contribution is 0.725. The average Bonchev–Trinajstić information content (AvgIpc) is 2.44. The highest BCUT2D eigenvalue weighted by Crippen LogP contribution is 2.15. The van der Waals surface area contributed by atoms with Gasteiger partial charge in [0, 0.05) is 18.8 Å². The van der Waals surface area contributed by atoms with E-state index < -0.39 is 0 Å². The summed E-state index contributed by atoms with van der Waals surface area (Å²) in [5.74, 6) is 1.03. The summed E-state index contributed by atoms with van der Waals surface area (Å²) in [6.07, 6.45) is 0.975. The molecule has 0 radical (unpaired) electrons. The molecule has 3 nitrogen and oxygen atoms in total. The Morgan fingerprint density at radius 2 is 1.84 bits per heavy atom. The second-order valence-corrected chi connectivity index (χ2v) is 4.69.